The number of aromatic nitrogens is 1. The first kappa shape index (κ1) is 16.5. The van der Waals surface area contributed by atoms with E-state index in [2.05, 4.69) is 102 Å². The number of anilines is 3. The summed E-state index contributed by atoms with van der Waals surface area (Å²) in [6.07, 6.45) is 2.09. The van der Waals surface area contributed by atoms with Crippen LogP contribution in [0.4, 0.5) is 17.2 Å². The van der Waals surface area contributed by atoms with Crippen LogP contribution in [0.25, 0.3) is 0 Å². The second-order valence-electron chi connectivity index (χ2n) is 6.70. The Bertz CT molecular complexity index is 945. The Morgan fingerprint density at radius 1 is 0.962 bits per heavy atom. The number of fused-ring (bicyclic) bond motifs is 1. The van der Waals surface area contributed by atoms with Crippen molar-refractivity contribution in [3.8, 4) is 5.75 Å². The number of rotatable bonds is 3. The van der Waals surface area contributed by atoms with Crippen LogP contribution in [0.2, 0.25) is 0 Å². The van der Waals surface area contributed by atoms with E-state index in [4.69, 9.17) is 4.74 Å². The topological polar surface area (TPSA) is 19.6 Å². The van der Waals surface area contributed by atoms with Gasteiger partial charge in [-0.15, -0.1) is 0 Å². The minimum atomic E-state index is 0.0885. The number of ether oxygens (including phenoxy) is 1. The highest BCUT2D eigenvalue weighted by Crippen LogP contribution is 2.45. The number of hydrogen-bond acceptors (Lipinski definition) is 3. The van der Waals surface area contributed by atoms with Gasteiger partial charge in [0.15, 0.2) is 0 Å². The summed E-state index contributed by atoms with van der Waals surface area (Å²) >= 11 is 0. The van der Waals surface area contributed by atoms with E-state index in [1.807, 2.05) is 0 Å². The summed E-state index contributed by atoms with van der Waals surface area (Å²) in [4.78, 5) is 4.74. The summed E-state index contributed by atoms with van der Waals surface area (Å²) in [7, 11) is 5.98. The molecule has 1 aliphatic rings. The highest BCUT2D eigenvalue weighted by Gasteiger charge is 2.49. The molecule has 0 aliphatic carbocycles. The van der Waals surface area contributed by atoms with Gasteiger partial charge in [0, 0.05) is 11.6 Å². The molecule has 0 bridgehead atoms. The van der Waals surface area contributed by atoms with Crippen molar-refractivity contribution in [3.63, 3.8) is 0 Å². The molecule has 2 heterocycles. The molecule has 4 nitrogen and oxygen atoms in total. The van der Waals surface area contributed by atoms with E-state index in [0.29, 0.717) is 0 Å². The number of aryl methyl sites for hydroxylation is 1. The largest absolute Gasteiger partial charge is 0.537 e. The Hall–Kier alpha value is -2.95. The Morgan fingerprint density at radius 3 is 2.38 bits per heavy atom. The smallest absolute Gasteiger partial charge is 0.496 e. The van der Waals surface area contributed by atoms with Gasteiger partial charge in [-0.3, -0.25) is 4.81 Å². The van der Waals surface area contributed by atoms with Crippen molar-refractivity contribution in [2.24, 2.45) is 7.05 Å². The van der Waals surface area contributed by atoms with Gasteiger partial charge < -0.3 is 9.55 Å². The Balaban J connectivity index is 1.99. The third kappa shape index (κ3) is 2.43. The maximum atomic E-state index is 5.61. The van der Waals surface area contributed by atoms with Crippen molar-refractivity contribution in [3.05, 3.63) is 72.4 Å². The highest BCUT2D eigenvalue weighted by atomic mass is 16.5. The van der Waals surface area contributed by atoms with Crippen molar-refractivity contribution in [1.29, 1.82) is 0 Å². The van der Waals surface area contributed by atoms with Gasteiger partial charge >= 0.3 is 6.98 Å². The number of nitrogens with zero attached hydrogens (tertiary/aromatic N) is 3. The molecular formula is C21H23BN3O+. The standard InChI is InChI=1S/C21H23BN3O/c1-16-19(26-4)14-13-18-21(16)25(20-12-8-9-15-23(20)2)22(24(18)3)17-10-6-5-7-11-17/h5-15H,1-4H3/q+1. The monoisotopic (exact) mass is 344 g/mol. The molecule has 0 saturated heterocycles. The molecule has 2 aromatic carbocycles. The van der Waals surface area contributed by atoms with Gasteiger partial charge in [-0.2, -0.15) is 0 Å². The van der Waals surface area contributed by atoms with Crippen LogP contribution in [0, 0.1) is 6.92 Å². The molecule has 0 amide bonds. The third-order valence-corrected chi connectivity index (χ3v) is 5.18. The van der Waals surface area contributed by atoms with Crippen molar-refractivity contribution < 1.29 is 9.30 Å². The van der Waals surface area contributed by atoms with Gasteiger partial charge in [-0.25, -0.2) is 4.57 Å². The van der Waals surface area contributed by atoms with Gasteiger partial charge in [-0.05, 0) is 37.6 Å². The molecule has 4 rings (SSSR count). The summed E-state index contributed by atoms with van der Waals surface area (Å²) in [5, 5.41) is 0. The summed E-state index contributed by atoms with van der Waals surface area (Å²) in [5.41, 5.74) is 4.82. The second-order valence-corrected chi connectivity index (χ2v) is 6.70. The summed E-state index contributed by atoms with van der Waals surface area (Å²) in [5.74, 6) is 2.05. The third-order valence-electron chi connectivity index (χ3n) is 5.18. The summed E-state index contributed by atoms with van der Waals surface area (Å²) in [6.45, 7) is 2.22. The van der Waals surface area contributed by atoms with Gasteiger partial charge in [0.1, 0.15) is 11.4 Å². The molecule has 0 saturated carbocycles. The van der Waals surface area contributed by atoms with E-state index in [9.17, 15) is 0 Å². The SMILES string of the molecule is COc1ccc2c(c1C)N(c1cccc[n+]1C)B(c1ccccc1)N2C. The van der Waals surface area contributed by atoms with Gasteiger partial charge in [0.05, 0.1) is 26.0 Å². The lowest BCUT2D eigenvalue weighted by atomic mass is 9.65. The van der Waals surface area contributed by atoms with Crippen LogP contribution in [0.1, 0.15) is 5.56 Å². The Kier molecular flexibility index (Phi) is 4.07. The zero-order valence-electron chi connectivity index (χ0n) is 15.7. The van der Waals surface area contributed by atoms with Crippen LogP contribution >= 0.6 is 0 Å². The van der Waals surface area contributed by atoms with Crippen LogP contribution in [-0.2, 0) is 7.05 Å². The molecule has 0 N–H and O–H groups in total. The summed E-state index contributed by atoms with van der Waals surface area (Å²) < 4.78 is 7.77. The van der Waals surface area contributed by atoms with E-state index in [1.165, 1.54) is 16.8 Å². The van der Waals surface area contributed by atoms with E-state index < -0.39 is 0 Å². The molecule has 1 aromatic heterocycles. The minimum absolute atomic E-state index is 0.0885. The zero-order chi connectivity index (χ0) is 18.3. The lowest BCUT2D eigenvalue weighted by molar-refractivity contribution is -0.658. The molecule has 0 fully saturated rings. The fraction of sp³-hybridized carbons (Fsp3) is 0.190. The maximum Gasteiger partial charge on any atom is 0.537 e. The van der Waals surface area contributed by atoms with Gasteiger partial charge in [-0.1, -0.05) is 36.4 Å². The molecule has 3 aromatic rings. The molecule has 1 aliphatic heterocycles. The van der Waals surface area contributed by atoms with Crippen LogP contribution in [0.3, 0.4) is 0 Å². The van der Waals surface area contributed by atoms with Crippen molar-refractivity contribution in [2.45, 2.75) is 6.92 Å². The molecule has 26 heavy (non-hydrogen) atoms. The molecule has 0 atom stereocenters. The molecule has 130 valence electrons. The normalized spacial score (nSPS) is 13.2. The first-order chi connectivity index (χ1) is 12.6. The molecule has 5 heteroatoms. The van der Waals surface area contributed by atoms with Crippen molar-refractivity contribution >= 4 is 29.6 Å². The van der Waals surface area contributed by atoms with Crippen LogP contribution in [0.15, 0.2) is 66.9 Å². The van der Waals surface area contributed by atoms with Crippen LogP contribution < -0.4 is 24.4 Å². The van der Waals surface area contributed by atoms with E-state index >= 15 is 0 Å². The molecule has 0 unspecified atom stereocenters. The molecule has 0 spiro atoms. The van der Waals surface area contributed by atoms with Gasteiger partial charge in [0.25, 0.3) is 5.82 Å². The number of methoxy groups -OCH3 is 1. The van der Waals surface area contributed by atoms with Crippen LogP contribution in [-0.4, -0.2) is 21.1 Å². The van der Waals surface area contributed by atoms with Crippen molar-refractivity contribution in [2.75, 3.05) is 23.8 Å². The second kappa shape index (κ2) is 6.41. The first-order valence-electron chi connectivity index (χ1n) is 8.82. The fourth-order valence-corrected chi connectivity index (χ4v) is 3.91. The quantitative estimate of drug-likeness (QED) is 0.538. The van der Waals surface area contributed by atoms with E-state index in [1.54, 1.807) is 7.11 Å². The molecule has 0 radical (unpaired) electrons. The van der Waals surface area contributed by atoms with E-state index in [0.717, 1.165) is 17.1 Å². The van der Waals surface area contributed by atoms with Crippen molar-refractivity contribution in [1.82, 2.24) is 0 Å². The fourth-order valence-electron chi connectivity index (χ4n) is 3.91. The average molecular weight is 344 g/mol. The average Bonchev–Trinajstić information content (AvgIpc) is 2.96. The van der Waals surface area contributed by atoms with E-state index in [-0.39, 0.29) is 6.98 Å². The van der Waals surface area contributed by atoms with Crippen LogP contribution in [0.5, 0.6) is 5.75 Å². The lowest BCUT2D eigenvalue weighted by Crippen LogP contribution is -2.56. The minimum Gasteiger partial charge on any atom is -0.496 e. The number of hydrogen-bond donors (Lipinski definition) is 0. The number of benzene rings is 2. The predicted molar refractivity (Wildman–Crippen MR) is 108 cm³/mol. The first-order valence-corrected chi connectivity index (χ1v) is 8.82. The predicted octanol–water partition coefficient (Wildman–Crippen LogP) is 2.81. The summed E-state index contributed by atoms with van der Waals surface area (Å²) in [6, 6.07) is 21.2. The number of pyridine rings is 1. The Morgan fingerprint density at radius 2 is 1.69 bits per heavy atom. The molecular weight excluding hydrogens is 321 g/mol. The Labute approximate surface area is 155 Å². The maximum absolute atomic E-state index is 5.61. The zero-order valence-corrected chi connectivity index (χ0v) is 15.7. The lowest BCUT2D eigenvalue weighted by Gasteiger charge is -2.22. The van der Waals surface area contributed by atoms with Gasteiger partial charge in [0.2, 0.25) is 0 Å². The highest BCUT2D eigenvalue weighted by molar-refractivity contribution is 6.83.